The van der Waals surface area contributed by atoms with Gasteiger partial charge in [-0.05, 0) is 44.0 Å². The summed E-state index contributed by atoms with van der Waals surface area (Å²) in [5.41, 5.74) is 1.10. The maximum absolute atomic E-state index is 12.8. The lowest BCUT2D eigenvalue weighted by molar-refractivity contribution is -0.0630. The summed E-state index contributed by atoms with van der Waals surface area (Å²) in [6.45, 7) is 3.26. The van der Waals surface area contributed by atoms with Gasteiger partial charge in [-0.2, -0.15) is 0 Å². The van der Waals surface area contributed by atoms with Crippen molar-refractivity contribution >= 4 is 0 Å². The minimum atomic E-state index is -0.485. The van der Waals surface area contributed by atoms with Crippen molar-refractivity contribution in [1.29, 1.82) is 0 Å². The van der Waals surface area contributed by atoms with Gasteiger partial charge in [0.2, 0.25) is 0 Å². The zero-order valence-electron chi connectivity index (χ0n) is 13.2. The van der Waals surface area contributed by atoms with E-state index in [0.717, 1.165) is 44.6 Å². The molecule has 1 unspecified atom stereocenters. The summed E-state index contributed by atoms with van der Waals surface area (Å²) in [6, 6.07) is 6.56. The fourth-order valence-electron chi connectivity index (χ4n) is 2.56. The van der Waals surface area contributed by atoms with Gasteiger partial charge in [0.1, 0.15) is 5.82 Å². The third-order valence-corrected chi connectivity index (χ3v) is 3.91. The van der Waals surface area contributed by atoms with Gasteiger partial charge in [0.15, 0.2) is 0 Å². The number of hydrogen-bond acceptors (Lipinski definition) is 4. The van der Waals surface area contributed by atoms with E-state index < -0.39 is 6.10 Å². The summed E-state index contributed by atoms with van der Waals surface area (Å²) >= 11 is 0. The van der Waals surface area contributed by atoms with Crippen molar-refractivity contribution in [3.8, 4) is 0 Å². The predicted octanol–water partition coefficient (Wildman–Crippen LogP) is 1.86. The molecule has 4 nitrogen and oxygen atoms in total. The molecule has 1 aromatic rings. The summed E-state index contributed by atoms with van der Waals surface area (Å²) < 4.78 is 23.8. The molecule has 5 heteroatoms. The van der Waals surface area contributed by atoms with E-state index >= 15 is 0 Å². The van der Waals surface area contributed by atoms with Crippen LogP contribution in [0.3, 0.4) is 0 Å². The highest BCUT2D eigenvalue weighted by molar-refractivity contribution is 5.16. The van der Waals surface area contributed by atoms with Crippen molar-refractivity contribution in [2.45, 2.75) is 31.5 Å². The Balaban J connectivity index is 1.60. The molecule has 1 aliphatic rings. The van der Waals surface area contributed by atoms with Crippen LogP contribution in [-0.2, 0) is 15.9 Å². The highest BCUT2D eigenvalue weighted by Gasteiger charge is 2.16. The normalized spacial score (nSPS) is 17.8. The van der Waals surface area contributed by atoms with Gasteiger partial charge in [-0.15, -0.1) is 0 Å². The summed E-state index contributed by atoms with van der Waals surface area (Å²) in [7, 11) is 1.97. The molecule has 124 valence electrons. The Morgan fingerprint density at radius 1 is 1.32 bits per heavy atom. The van der Waals surface area contributed by atoms with Crippen molar-refractivity contribution in [3.05, 3.63) is 35.6 Å². The van der Waals surface area contributed by atoms with Crippen LogP contribution in [0.25, 0.3) is 0 Å². The molecule has 22 heavy (non-hydrogen) atoms. The third-order valence-electron chi connectivity index (χ3n) is 3.91. The van der Waals surface area contributed by atoms with E-state index in [-0.39, 0.29) is 11.9 Å². The third kappa shape index (κ3) is 6.40. The summed E-state index contributed by atoms with van der Waals surface area (Å²) in [6.07, 6.45) is 2.39. The Morgan fingerprint density at radius 3 is 2.68 bits per heavy atom. The number of halogens is 1. The van der Waals surface area contributed by atoms with Crippen LogP contribution in [0.5, 0.6) is 0 Å². The Hall–Kier alpha value is -1.01. The molecule has 1 aliphatic heterocycles. The van der Waals surface area contributed by atoms with E-state index in [1.165, 1.54) is 12.1 Å². The predicted molar refractivity (Wildman–Crippen MR) is 83.4 cm³/mol. The van der Waals surface area contributed by atoms with Crippen LogP contribution >= 0.6 is 0 Å². The van der Waals surface area contributed by atoms with Crippen molar-refractivity contribution < 1.29 is 19.0 Å². The molecule has 1 saturated heterocycles. The van der Waals surface area contributed by atoms with E-state index in [2.05, 4.69) is 4.90 Å². The van der Waals surface area contributed by atoms with Crippen molar-refractivity contribution in [2.75, 3.05) is 40.0 Å². The average molecular weight is 311 g/mol. The van der Waals surface area contributed by atoms with Crippen molar-refractivity contribution in [2.24, 2.45) is 0 Å². The summed E-state index contributed by atoms with van der Waals surface area (Å²) in [5.74, 6) is -0.210. The van der Waals surface area contributed by atoms with Gasteiger partial charge in [-0.1, -0.05) is 12.1 Å². The van der Waals surface area contributed by atoms with Crippen LogP contribution < -0.4 is 0 Å². The van der Waals surface area contributed by atoms with E-state index in [9.17, 15) is 9.50 Å². The Kier molecular flexibility index (Phi) is 7.25. The van der Waals surface area contributed by atoms with Gasteiger partial charge >= 0.3 is 0 Å². The van der Waals surface area contributed by atoms with Gasteiger partial charge in [0.05, 0.1) is 18.8 Å². The molecule has 1 atom stereocenters. The van der Waals surface area contributed by atoms with Crippen LogP contribution in [0.15, 0.2) is 24.3 Å². The number of aliphatic hydroxyl groups excluding tert-OH is 1. The molecule has 1 N–H and O–H groups in total. The SMILES string of the molecule is CN(CCc1ccc(F)cc1)CC(O)COC1CCOCC1. The monoisotopic (exact) mass is 311 g/mol. The lowest BCUT2D eigenvalue weighted by atomic mass is 10.1. The molecule has 1 heterocycles. The van der Waals surface area contributed by atoms with E-state index in [1.807, 2.05) is 7.05 Å². The molecule has 1 fully saturated rings. The Bertz CT molecular complexity index is 420. The molecule has 2 rings (SSSR count). The zero-order valence-corrected chi connectivity index (χ0v) is 13.2. The van der Waals surface area contributed by atoms with Crippen molar-refractivity contribution in [1.82, 2.24) is 4.90 Å². The highest BCUT2D eigenvalue weighted by atomic mass is 19.1. The summed E-state index contributed by atoms with van der Waals surface area (Å²) in [4.78, 5) is 2.07. The maximum Gasteiger partial charge on any atom is 0.123 e. The van der Waals surface area contributed by atoms with Gasteiger partial charge in [0.25, 0.3) is 0 Å². The van der Waals surface area contributed by atoms with Crippen LogP contribution in [0.2, 0.25) is 0 Å². The number of benzene rings is 1. The quantitative estimate of drug-likeness (QED) is 0.796. The topological polar surface area (TPSA) is 41.9 Å². The molecule has 0 spiro atoms. The average Bonchev–Trinajstić information content (AvgIpc) is 2.53. The standard InChI is InChI=1S/C17H26FNO3/c1-19(9-6-14-2-4-15(18)5-3-14)12-16(20)13-22-17-7-10-21-11-8-17/h2-5,16-17,20H,6-13H2,1H3. The van der Waals surface area contributed by atoms with Crippen molar-refractivity contribution in [3.63, 3.8) is 0 Å². The van der Waals surface area contributed by atoms with Gasteiger partial charge in [-0.3, -0.25) is 0 Å². The first kappa shape index (κ1) is 17.3. The molecular formula is C17H26FNO3. The second kappa shape index (κ2) is 9.20. The minimum absolute atomic E-state index is 0.210. The number of likely N-dealkylation sites (N-methyl/N-ethyl adjacent to an activating group) is 1. The number of nitrogens with zero attached hydrogens (tertiary/aromatic N) is 1. The molecule has 1 aromatic carbocycles. The van der Waals surface area contributed by atoms with E-state index in [1.54, 1.807) is 12.1 Å². The van der Waals surface area contributed by atoms with E-state index in [4.69, 9.17) is 9.47 Å². The number of aliphatic hydroxyl groups is 1. The van der Waals surface area contributed by atoms with Crippen LogP contribution in [0.1, 0.15) is 18.4 Å². The molecule has 0 aromatic heterocycles. The number of hydrogen-bond donors (Lipinski definition) is 1. The number of ether oxygens (including phenoxy) is 2. The molecule has 0 saturated carbocycles. The lowest BCUT2D eigenvalue weighted by Gasteiger charge is -2.25. The Labute approximate surface area is 131 Å². The smallest absolute Gasteiger partial charge is 0.123 e. The first-order valence-corrected chi connectivity index (χ1v) is 7.94. The molecule has 0 amide bonds. The maximum atomic E-state index is 12.8. The number of rotatable bonds is 8. The van der Waals surface area contributed by atoms with Gasteiger partial charge < -0.3 is 19.5 Å². The van der Waals surface area contributed by atoms with Crippen LogP contribution in [0.4, 0.5) is 4.39 Å². The molecule has 0 aliphatic carbocycles. The second-order valence-electron chi connectivity index (χ2n) is 5.94. The first-order valence-electron chi connectivity index (χ1n) is 7.94. The van der Waals surface area contributed by atoms with Crippen LogP contribution in [-0.4, -0.2) is 62.2 Å². The van der Waals surface area contributed by atoms with Gasteiger partial charge in [0, 0.05) is 26.3 Å². The zero-order chi connectivity index (χ0) is 15.8. The molecule has 0 radical (unpaired) electrons. The lowest BCUT2D eigenvalue weighted by Crippen LogP contribution is -2.35. The molecule has 0 bridgehead atoms. The highest BCUT2D eigenvalue weighted by Crippen LogP contribution is 2.11. The second-order valence-corrected chi connectivity index (χ2v) is 5.94. The fraction of sp³-hybridized carbons (Fsp3) is 0.647. The summed E-state index contributed by atoms with van der Waals surface area (Å²) in [5, 5.41) is 10.0. The minimum Gasteiger partial charge on any atom is -0.389 e. The largest absolute Gasteiger partial charge is 0.389 e. The Morgan fingerprint density at radius 2 is 2.00 bits per heavy atom. The van der Waals surface area contributed by atoms with Crippen LogP contribution in [0, 0.1) is 5.82 Å². The van der Waals surface area contributed by atoms with E-state index in [0.29, 0.717) is 13.2 Å². The molecular weight excluding hydrogens is 285 g/mol. The van der Waals surface area contributed by atoms with Gasteiger partial charge in [-0.25, -0.2) is 4.39 Å². The first-order chi connectivity index (χ1) is 10.6. The fourth-order valence-corrected chi connectivity index (χ4v) is 2.56.